The zero-order valence-electron chi connectivity index (χ0n) is 15.4. The van der Waals surface area contributed by atoms with Crippen LogP contribution in [-0.2, 0) is 6.54 Å². The summed E-state index contributed by atoms with van der Waals surface area (Å²) in [7, 11) is 0. The van der Waals surface area contributed by atoms with Gasteiger partial charge in [0.25, 0.3) is 0 Å². The minimum Gasteiger partial charge on any atom is -0.359 e. The number of likely N-dealkylation sites (tertiary alicyclic amines) is 1. The quantitative estimate of drug-likeness (QED) is 0.767. The Morgan fingerprint density at radius 2 is 2.19 bits per heavy atom. The number of pyridine rings is 1. The highest BCUT2D eigenvalue weighted by molar-refractivity contribution is 5.74. The summed E-state index contributed by atoms with van der Waals surface area (Å²) in [6.45, 7) is 5.69. The number of aryl methyl sites for hydroxylation is 2. The van der Waals surface area contributed by atoms with E-state index in [0.717, 1.165) is 23.5 Å². The monoisotopic (exact) mass is 366 g/mol. The van der Waals surface area contributed by atoms with Crippen molar-refractivity contribution in [3.63, 3.8) is 0 Å². The van der Waals surface area contributed by atoms with E-state index < -0.39 is 0 Å². The molecular weight excluding hydrogens is 344 g/mol. The maximum Gasteiger partial charge on any atom is 0.317 e. The van der Waals surface area contributed by atoms with Crippen LogP contribution in [0.2, 0.25) is 0 Å². The Labute approximate surface area is 157 Å². The number of amides is 2. The number of urea groups is 1. The van der Waals surface area contributed by atoms with Crippen LogP contribution in [-0.4, -0.2) is 43.9 Å². The number of carbonyl (C=O) groups excluding carboxylic acids is 1. The van der Waals surface area contributed by atoms with Crippen molar-refractivity contribution in [1.29, 1.82) is 0 Å². The van der Waals surface area contributed by atoms with E-state index in [2.05, 4.69) is 26.6 Å². The molecule has 4 heterocycles. The van der Waals surface area contributed by atoms with Crippen LogP contribution in [0.3, 0.4) is 0 Å². The smallest absolute Gasteiger partial charge is 0.317 e. The van der Waals surface area contributed by atoms with Gasteiger partial charge in [-0.05, 0) is 38.5 Å². The molecule has 1 aliphatic rings. The first kappa shape index (κ1) is 17.3. The molecule has 8 heteroatoms. The van der Waals surface area contributed by atoms with Crippen LogP contribution in [0.25, 0.3) is 11.4 Å². The van der Waals surface area contributed by atoms with Gasteiger partial charge in [0.15, 0.2) is 5.76 Å². The van der Waals surface area contributed by atoms with E-state index in [1.54, 1.807) is 12.3 Å². The SMILES string of the molecule is Cc1cc(C)n(C2CCN(C(=O)NCc3cc(-c4ccccn4)no3)C2)n1. The van der Waals surface area contributed by atoms with Gasteiger partial charge < -0.3 is 14.7 Å². The summed E-state index contributed by atoms with van der Waals surface area (Å²) in [4.78, 5) is 18.5. The molecule has 0 aliphatic carbocycles. The highest BCUT2D eigenvalue weighted by Gasteiger charge is 2.28. The van der Waals surface area contributed by atoms with E-state index in [1.165, 1.54) is 0 Å². The molecule has 0 aromatic carbocycles. The van der Waals surface area contributed by atoms with E-state index in [-0.39, 0.29) is 12.1 Å². The second-order valence-electron chi connectivity index (χ2n) is 6.81. The van der Waals surface area contributed by atoms with Crippen LogP contribution < -0.4 is 5.32 Å². The fourth-order valence-electron chi connectivity index (χ4n) is 3.45. The fourth-order valence-corrected chi connectivity index (χ4v) is 3.45. The molecule has 4 rings (SSSR count). The van der Waals surface area contributed by atoms with E-state index >= 15 is 0 Å². The van der Waals surface area contributed by atoms with Gasteiger partial charge in [0, 0.05) is 31.0 Å². The molecule has 0 bridgehead atoms. The molecule has 0 saturated carbocycles. The van der Waals surface area contributed by atoms with Gasteiger partial charge in [-0.1, -0.05) is 11.2 Å². The van der Waals surface area contributed by atoms with Crippen molar-refractivity contribution >= 4 is 6.03 Å². The first-order valence-electron chi connectivity index (χ1n) is 9.02. The van der Waals surface area contributed by atoms with E-state index in [4.69, 9.17) is 4.52 Å². The Bertz CT molecular complexity index is 933. The lowest BCUT2D eigenvalue weighted by Gasteiger charge is -2.17. The number of hydrogen-bond donors (Lipinski definition) is 1. The second kappa shape index (κ2) is 7.22. The molecule has 140 valence electrons. The molecule has 1 unspecified atom stereocenters. The average Bonchev–Trinajstić information content (AvgIpc) is 3.40. The van der Waals surface area contributed by atoms with Crippen LogP contribution in [0, 0.1) is 13.8 Å². The molecule has 1 saturated heterocycles. The number of nitrogens with zero attached hydrogens (tertiary/aromatic N) is 5. The molecule has 0 spiro atoms. The summed E-state index contributed by atoms with van der Waals surface area (Å²) in [5.74, 6) is 0.596. The maximum atomic E-state index is 12.5. The lowest BCUT2D eigenvalue weighted by atomic mass is 10.2. The minimum absolute atomic E-state index is 0.102. The number of carbonyl (C=O) groups is 1. The Hall–Kier alpha value is -3.16. The molecule has 27 heavy (non-hydrogen) atoms. The van der Waals surface area contributed by atoms with Gasteiger partial charge in [0.05, 0.1) is 24.0 Å². The first-order chi connectivity index (χ1) is 13.1. The van der Waals surface area contributed by atoms with Crippen LogP contribution in [0.4, 0.5) is 4.79 Å². The van der Waals surface area contributed by atoms with E-state index in [1.807, 2.05) is 41.6 Å². The minimum atomic E-state index is -0.102. The van der Waals surface area contributed by atoms with Gasteiger partial charge in [-0.15, -0.1) is 0 Å². The Balaban J connectivity index is 1.33. The molecule has 3 aromatic heterocycles. The molecule has 2 amide bonds. The van der Waals surface area contributed by atoms with E-state index in [9.17, 15) is 4.79 Å². The largest absolute Gasteiger partial charge is 0.359 e. The van der Waals surface area contributed by atoms with E-state index in [0.29, 0.717) is 31.1 Å². The highest BCUT2D eigenvalue weighted by Crippen LogP contribution is 2.23. The summed E-state index contributed by atoms with van der Waals surface area (Å²) in [6.07, 6.45) is 2.61. The number of hydrogen-bond acceptors (Lipinski definition) is 5. The first-order valence-corrected chi connectivity index (χ1v) is 9.02. The summed E-state index contributed by atoms with van der Waals surface area (Å²) in [5.41, 5.74) is 3.53. The number of rotatable bonds is 4. The van der Waals surface area contributed by atoms with Gasteiger partial charge in [0.1, 0.15) is 5.69 Å². The molecule has 1 N–H and O–H groups in total. The molecule has 0 radical (unpaired) electrons. The number of aromatic nitrogens is 4. The molecule has 3 aromatic rings. The van der Waals surface area contributed by atoms with Gasteiger partial charge in [-0.25, -0.2) is 4.79 Å². The molecule has 1 fully saturated rings. The summed E-state index contributed by atoms with van der Waals surface area (Å²) >= 11 is 0. The molecule has 8 nitrogen and oxygen atoms in total. The lowest BCUT2D eigenvalue weighted by Crippen LogP contribution is -2.38. The normalized spacial score (nSPS) is 16.7. The third kappa shape index (κ3) is 3.69. The van der Waals surface area contributed by atoms with Gasteiger partial charge in [-0.2, -0.15) is 5.10 Å². The molecular formula is C19H22N6O2. The van der Waals surface area contributed by atoms with Crippen molar-refractivity contribution in [3.8, 4) is 11.4 Å². The summed E-state index contributed by atoms with van der Waals surface area (Å²) < 4.78 is 7.33. The summed E-state index contributed by atoms with van der Waals surface area (Å²) in [5, 5.41) is 11.5. The average molecular weight is 366 g/mol. The second-order valence-corrected chi connectivity index (χ2v) is 6.81. The Morgan fingerprint density at radius 3 is 2.93 bits per heavy atom. The third-order valence-corrected chi connectivity index (χ3v) is 4.74. The predicted molar refractivity (Wildman–Crippen MR) is 98.9 cm³/mol. The fraction of sp³-hybridized carbons (Fsp3) is 0.368. The maximum absolute atomic E-state index is 12.5. The van der Waals surface area contributed by atoms with Crippen molar-refractivity contribution in [2.45, 2.75) is 32.9 Å². The Morgan fingerprint density at radius 1 is 1.30 bits per heavy atom. The Kier molecular flexibility index (Phi) is 4.62. The number of nitrogens with one attached hydrogen (secondary N) is 1. The predicted octanol–water partition coefficient (Wildman–Crippen LogP) is 2.71. The van der Waals surface area contributed by atoms with Crippen molar-refractivity contribution in [2.75, 3.05) is 13.1 Å². The van der Waals surface area contributed by atoms with Crippen molar-refractivity contribution in [2.24, 2.45) is 0 Å². The summed E-state index contributed by atoms with van der Waals surface area (Å²) in [6, 6.07) is 9.59. The molecule has 1 atom stereocenters. The van der Waals surface area contributed by atoms with Crippen LogP contribution in [0.5, 0.6) is 0 Å². The van der Waals surface area contributed by atoms with Gasteiger partial charge >= 0.3 is 6.03 Å². The molecule has 1 aliphatic heterocycles. The van der Waals surface area contributed by atoms with Gasteiger partial charge in [-0.3, -0.25) is 9.67 Å². The zero-order chi connectivity index (χ0) is 18.8. The standard InChI is InChI=1S/C19H22N6O2/c1-13-9-14(2)25(22-13)15-6-8-24(12-15)19(26)21-11-16-10-18(23-27-16)17-5-3-4-7-20-17/h3-5,7,9-10,15H,6,8,11-12H2,1-2H3,(H,21,26). The highest BCUT2D eigenvalue weighted by atomic mass is 16.5. The topological polar surface area (TPSA) is 89.1 Å². The third-order valence-electron chi connectivity index (χ3n) is 4.74. The van der Waals surface area contributed by atoms with Crippen molar-refractivity contribution < 1.29 is 9.32 Å². The zero-order valence-corrected chi connectivity index (χ0v) is 15.4. The van der Waals surface area contributed by atoms with Crippen LogP contribution in [0.15, 0.2) is 41.1 Å². The van der Waals surface area contributed by atoms with Crippen LogP contribution in [0.1, 0.15) is 29.6 Å². The van der Waals surface area contributed by atoms with Crippen molar-refractivity contribution in [3.05, 3.63) is 53.7 Å². The lowest BCUT2D eigenvalue weighted by molar-refractivity contribution is 0.204. The van der Waals surface area contributed by atoms with Crippen LogP contribution >= 0.6 is 0 Å². The van der Waals surface area contributed by atoms with Gasteiger partial charge in [0.2, 0.25) is 0 Å². The van der Waals surface area contributed by atoms with Crippen molar-refractivity contribution in [1.82, 2.24) is 30.1 Å².